The Labute approximate surface area is 119 Å². The van der Waals surface area contributed by atoms with E-state index < -0.39 is 10.8 Å². The van der Waals surface area contributed by atoms with E-state index >= 15 is 0 Å². The van der Waals surface area contributed by atoms with Crippen molar-refractivity contribution < 1.29 is 9.00 Å². The fourth-order valence-electron chi connectivity index (χ4n) is 2.45. The zero-order chi connectivity index (χ0) is 14.6. The van der Waals surface area contributed by atoms with Gasteiger partial charge in [0.05, 0.1) is 12.2 Å². The van der Waals surface area contributed by atoms with Crippen LogP contribution in [0, 0.1) is 11.8 Å². The van der Waals surface area contributed by atoms with Crippen molar-refractivity contribution in [2.45, 2.75) is 53.2 Å². The minimum absolute atomic E-state index is 0.0764. The molecule has 1 heterocycles. The Hall–Kier alpha value is -0.420. The van der Waals surface area contributed by atoms with E-state index in [0.29, 0.717) is 29.9 Å². The molecule has 1 fully saturated rings. The van der Waals surface area contributed by atoms with E-state index in [4.69, 9.17) is 0 Å². The van der Waals surface area contributed by atoms with Crippen molar-refractivity contribution in [1.82, 2.24) is 10.2 Å². The molecule has 0 aromatic rings. The maximum Gasteiger partial charge on any atom is 0.241 e. The summed E-state index contributed by atoms with van der Waals surface area (Å²) in [4.78, 5) is 14.4. The number of carbonyl (C=O) groups is 1. The first kappa shape index (κ1) is 16.6. The van der Waals surface area contributed by atoms with Crippen LogP contribution in [0.5, 0.6) is 0 Å². The number of amides is 1. The summed E-state index contributed by atoms with van der Waals surface area (Å²) in [5.74, 6) is 2.14. The number of rotatable bonds is 7. The van der Waals surface area contributed by atoms with Gasteiger partial charge in [0, 0.05) is 28.9 Å². The third-order valence-electron chi connectivity index (χ3n) is 3.96. The largest absolute Gasteiger partial charge is 0.325 e. The van der Waals surface area contributed by atoms with Crippen molar-refractivity contribution in [3.63, 3.8) is 0 Å². The van der Waals surface area contributed by atoms with Crippen LogP contribution in [0.25, 0.3) is 0 Å². The van der Waals surface area contributed by atoms with Crippen molar-refractivity contribution in [2.75, 3.05) is 18.1 Å². The molecule has 0 radical (unpaired) electrons. The second-order valence-corrected chi connectivity index (χ2v) is 7.55. The lowest BCUT2D eigenvalue weighted by molar-refractivity contribution is -0.131. The summed E-state index contributed by atoms with van der Waals surface area (Å²) >= 11 is 0. The lowest BCUT2D eigenvalue weighted by Gasteiger charge is -2.26. The van der Waals surface area contributed by atoms with Crippen LogP contribution in [0.1, 0.15) is 41.0 Å². The molecule has 112 valence electrons. The number of carbonyl (C=O) groups excluding carboxylic acids is 1. The molecule has 4 nitrogen and oxygen atoms in total. The van der Waals surface area contributed by atoms with Gasteiger partial charge in [-0.3, -0.25) is 14.3 Å². The molecule has 4 unspecified atom stereocenters. The molecule has 0 bridgehead atoms. The molecule has 0 saturated carbocycles. The number of nitrogens with one attached hydrogen (secondary N) is 1. The zero-order valence-electron chi connectivity index (χ0n) is 12.8. The van der Waals surface area contributed by atoms with E-state index in [9.17, 15) is 9.00 Å². The quantitative estimate of drug-likeness (QED) is 0.774. The van der Waals surface area contributed by atoms with Gasteiger partial charge < -0.3 is 4.90 Å². The van der Waals surface area contributed by atoms with Crippen molar-refractivity contribution in [1.29, 1.82) is 0 Å². The average molecular weight is 288 g/mol. The summed E-state index contributed by atoms with van der Waals surface area (Å²) in [5.41, 5.74) is 0. The molecule has 1 rings (SSSR count). The van der Waals surface area contributed by atoms with Crippen LogP contribution < -0.4 is 5.32 Å². The SMILES string of the molecule is CCC(C)C1NC(C(C)C)N(CCS(=O)CC)C1=O. The normalized spacial score (nSPS) is 27.1. The van der Waals surface area contributed by atoms with Crippen LogP contribution in [0.15, 0.2) is 0 Å². The standard InChI is InChI=1S/C14H28N2O2S/c1-6-11(5)12-14(17)16(8-9-19(18)7-2)13(15-12)10(3)4/h10-13,15H,6-9H2,1-5H3. The van der Waals surface area contributed by atoms with E-state index in [2.05, 4.69) is 33.0 Å². The molecule has 1 amide bonds. The first-order valence-corrected chi connectivity index (χ1v) is 8.82. The van der Waals surface area contributed by atoms with Gasteiger partial charge >= 0.3 is 0 Å². The lowest BCUT2D eigenvalue weighted by atomic mass is 9.99. The zero-order valence-corrected chi connectivity index (χ0v) is 13.6. The molecule has 1 N–H and O–H groups in total. The molecular formula is C14H28N2O2S. The lowest BCUT2D eigenvalue weighted by Crippen LogP contribution is -2.43. The molecular weight excluding hydrogens is 260 g/mol. The minimum Gasteiger partial charge on any atom is -0.325 e. The third kappa shape index (κ3) is 4.02. The Morgan fingerprint density at radius 2 is 1.95 bits per heavy atom. The van der Waals surface area contributed by atoms with Gasteiger partial charge in [-0.1, -0.05) is 41.0 Å². The Bertz CT molecular complexity index is 333. The number of hydrogen-bond acceptors (Lipinski definition) is 3. The van der Waals surface area contributed by atoms with E-state index in [1.54, 1.807) is 0 Å². The molecule has 0 aliphatic carbocycles. The summed E-state index contributed by atoms with van der Waals surface area (Å²) in [6.45, 7) is 11.0. The van der Waals surface area contributed by atoms with E-state index in [0.717, 1.165) is 6.42 Å². The Morgan fingerprint density at radius 3 is 2.42 bits per heavy atom. The van der Waals surface area contributed by atoms with Gasteiger partial charge in [-0.2, -0.15) is 0 Å². The Balaban J connectivity index is 2.74. The smallest absolute Gasteiger partial charge is 0.241 e. The fraction of sp³-hybridized carbons (Fsp3) is 0.929. The molecule has 5 heteroatoms. The van der Waals surface area contributed by atoms with Gasteiger partial charge in [-0.25, -0.2) is 0 Å². The third-order valence-corrected chi connectivity index (χ3v) is 5.24. The van der Waals surface area contributed by atoms with Gasteiger partial charge in [-0.15, -0.1) is 0 Å². The predicted molar refractivity (Wildman–Crippen MR) is 80.3 cm³/mol. The summed E-state index contributed by atoms with van der Waals surface area (Å²) in [6, 6.07) is -0.0764. The van der Waals surface area contributed by atoms with Gasteiger partial charge in [0.2, 0.25) is 5.91 Å². The van der Waals surface area contributed by atoms with E-state index in [1.807, 2.05) is 11.8 Å². The van der Waals surface area contributed by atoms with Gasteiger partial charge in [0.15, 0.2) is 0 Å². The van der Waals surface area contributed by atoms with Crippen molar-refractivity contribution in [3.8, 4) is 0 Å². The van der Waals surface area contributed by atoms with Crippen molar-refractivity contribution >= 4 is 16.7 Å². The Kier molecular flexibility index (Phi) is 6.47. The highest BCUT2D eigenvalue weighted by Gasteiger charge is 2.41. The highest BCUT2D eigenvalue weighted by molar-refractivity contribution is 7.84. The topological polar surface area (TPSA) is 49.4 Å². The monoisotopic (exact) mass is 288 g/mol. The van der Waals surface area contributed by atoms with Crippen LogP contribution >= 0.6 is 0 Å². The first-order valence-electron chi connectivity index (χ1n) is 7.33. The van der Waals surface area contributed by atoms with Gasteiger partial charge in [0.1, 0.15) is 0 Å². The summed E-state index contributed by atoms with van der Waals surface area (Å²) in [6.07, 6.45) is 1.07. The summed E-state index contributed by atoms with van der Waals surface area (Å²) in [5, 5.41) is 3.46. The van der Waals surface area contributed by atoms with Crippen LogP contribution in [0.2, 0.25) is 0 Å². The molecule has 0 aromatic heterocycles. The number of nitrogens with zero attached hydrogens (tertiary/aromatic N) is 1. The second-order valence-electron chi connectivity index (χ2n) is 5.68. The Morgan fingerprint density at radius 1 is 1.32 bits per heavy atom. The van der Waals surface area contributed by atoms with Crippen LogP contribution in [0.3, 0.4) is 0 Å². The molecule has 4 atom stereocenters. The highest BCUT2D eigenvalue weighted by atomic mass is 32.2. The summed E-state index contributed by atoms with van der Waals surface area (Å²) < 4.78 is 11.6. The first-order chi connectivity index (χ1) is 8.92. The molecule has 19 heavy (non-hydrogen) atoms. The van der Waals surface area contributed by atoms with Crippen LogP contribution in [0.4, 0.5) is 0 Å². The molecule has 1 saturated heterocycles. The van der Waals surface area contributed by atoms with E-state index in [1.165, 1.54) is 0 Å². The highest BCUT2D eigenvalue weighted by Crippen LogP contribution is 2.23. The van der Waals surface area contributed by atoms with E-state index in [-0.39, 0.29) is 18.1 Å². The summed E-state index contributed by atoms with van der Waals surface area (Å²) in [7, 11) is -0.811. The fourth-order valence-corrected chi connectivity index (χ4v) is 3.14. The maximum absolute atomic E-state index is 12.5. The van der Waals surface area contributed by atoms with Crippen LogP contribution in [-0.2, 0) is 15.6 Å². The molecule has 1 aliphatic heterocycles. The van der Waals surface area contributed by atoms with Gasteiger partial charge in [-0.05, 0) is 11.8 Å². The molecule has 1 aliphatic rings. The minimum atomic E-state index is -0.811. The average Bonchev–Trinajstić information content (AvgIpc) is 2.72. The second kappa shape index (κ2) is 7.39. The van der Waals surface area contributed by atoms with Crippen molar-refractivity contribution in [3.05, 3.63) is 0 Å². The predicted octanol–water partition coefficient (Wildman–Crippen LogP) is 1.58. The molecule has 0 spiro atoms. The molecule has 0 aromatic carbocycles. The van der Waals surface area contributed by atoms with Crippen LogP contribution in [-0.4, -0.2) is 45.3 Å². The number of hydrogen-bond donors (Lipinski definition) is 1. The maximum atomic E-state index is 12.5. The van der Waals surface area contributed by atoms with Crippen molar-refractivity contribution in [2.24, 2.45) is 11.8 Å². The van der Waals surface area contributed by atoms with Gasteiger partial charge in [0.25, 0.3) is 0 Å².